The number of hydrogen-bond donors (Lipinski definition) is 0. The molecule has 1 amide bonds. The van der Waals surface area contributed by atoms with E-state index in [-0.39, 0.29) is 0 Å². The predicted octanol–water partition coefficient (Wildman–Crippen LogP) is 4.39. The van der Waals surface area contributed by atoms with Crippen LogP contribution < -0.4 is 0 Å². The monoisotopic (exact) mass is 339 g/mol. The van der Waals surface area contributed by atoms with Crippen molar-refractivity contribution in [1.82, 2.24) is 4.90 Å². The van der Waals surface area contributed by atoms with Crippen molar-refractivity contribution in [1.29, 1.82) is 0 Å². The molecule has 0 N–H and O–H groups in total. The third-order valence-corrected chi connectivity index (χ3v) is 10.4. The second-order valence-electron chi connectivity index (χ2n) is 7.65. The number of carbonyl (C=O) groups excluding carboxylic acids is 1. The fourth-order valence-corrected chi connectivity index (χ4v) is 9.30. The van der Waals surface area contributed by atoms with Crippen LogP contribution in [0, 0.1) is 17.8 Å². The summed E-state index contributed by atoms with van der Waals surface area (Å²) in [7, 11) is 0. The summed E-state index contributed by atoms with van der Waals surface area (Å²) in [5.74, 6) is 5.14. The van der Waals surface area contributed by atoms with Gasteiger partial charge in [0.1, 0.15) is 0 Å². The van der Waals surface area contributed by atoms with E-state index in [9.17, 15) is 4.79 Å². The van der Waals surface area contributed by atoms with Gasteiger partial charge in [-0.3, -0.25) is 4.79 Å². The Hall–Kier alpha value is 0.170. The van der Waals surface area contributed by atoms with Gasteiger partial charge in [0.2, 0.25) is 5.91 Å². The fraction of sp³-hybridized carbons (Fsp3) is 0.944. The van der Waals surface area contributed by atoms with Crippen LogP contribution >= 0.6 is 23.5 Å². The molecule has 4 rings (SSSR count). The number of carbonyl (C=O) groups is 1. The number of thioether (sulfide) groups is 2. The molecule has 4 heteroatoms. The molecule has 0 aromatic heterocycles. The van der Waals surface area contributed by atoms with Crippen LogP contribution in [0.15, 0.2) is 0 Å². The van der Waals surface area contributed by atoms with E-state index in [4.69, 9.17) is 0 Å². The molecule has 124 valence electrons. The molecule has 2 heterocycles. The van der Waals surface area contributed by atoms with Crippen molar-refractivity contribution in [3.63, 3.8) is 0 Å². The molecule has 4 aliphatic rings. The minimum atomic E-state index is 0.348. The predicted molar refractivity (Wildman–Crippen MR) is 96.3 cm³/mol. The largest absolute Gasteiger partial charge is 0.342 e. The molecule has 2 bridgehead atoms. The third-order valence-electron chi connectivity index (χ3n) is 6.39. The molecule has 22 heavy (non-hydrogen) atoms. The minimum absolute atomic E-state index is 0.348. The molecule has 0 aromatic rings. The minimum Gasteiger partial charge on any atom is -0.342 e. The molecule has 2 atom stereocenters. The summed E-state index contributed by atoms with van der Waals surface area (Å²) < 4.78 is 0.508. The lowest BCUT2D eigenvalue weighted by atomic mass is 9.66. The Morgan fingerprint density at radius 2 is 1.45 bits per heavy atom. The van der Waals surface area contributed by atoms with Gasteiger partial charge in [0.15, 0.2) is 0 Å². The van der Waals surface area contributed by atoms with Crippen LogP contribution in [0.2, 0.25) is 0 Å². The molecular formula is C18H29NOS2. The first kappa shape index (κ1) is 15.7. The van der Waals surface area contributed by atoms with Crippen LogP contribution in [-0.2, 0) is 4.79 Å². The quantitative estimate of drug-likeness (QED) is 0.706. The van der Waals surface area contributed by atoms with Gasteiger partial charge < -0.3 is 4.90 Å². The van der Waals surface area contributed by atoms with E-state index >= 15 is 0 Å². The molecule has 4 fully saturated rings. The van der Waals surface area contributed by atoms with Crippen molar-refractivity contribution in [2.75, 3.05) is 24.6 Å². The second-order valence-corrected chi connectivity index (χ2v) is 10.7. The maximum absolute atomic E-state index is 13.1. The SMILES string of the molecule is O=C(C1CC2CCCC(C1)C21SCCS1)N1CCCCCC1. The van der Waals surface area contributed by atoms with E-state index < -0.39 is 0 Å². The topological polar surface area (TPSA) is 20.3 Å². The molecule has 2 aliphatic carbocycles. The Balaban J connectivity index is 1.47. The molecule has 2 aliphatic heterocycles. The highest BCUT2D eigenvalue weighted by atomic mass is 32.2. The highest BCUT2D eigenvalue weighted by molar-refractivity contribution is 8.21. The van der Waals surface area contributed by atoms with Crippen molar-refractivity contribution in [3.8, 4) is 0 Å². The summed E-state index contributed by atoms with van der Waals surface area (Å²) in [6.07, 6.45) is 11.6. The number of amides is 1. The van der Waals surface area contributed by atoms with Gasteiger partial charge >= 0.3 is 0 Å². The molecular weight excluding hydrogens is 310 g/mol. The Morgan fingerprint density at radius 1 is 0.864 bits per heavy atom. The lowest BCUT2D eigenvalue weighted by Gasteiger charge is -2.52. The first-order valence-electron chi connectivity index (χ1n) is 9.36. The lowest BCUT2D eigenvalue weighted by molar-refractivity contribution is -0.138. The second kappa shape index (κ2) is 6.58. The number of likely N-dealkylation sites (tertiary alicyclic amines) is 1. The van der Waals surface area contributed by atoms with Crippen LogP contribution in [0.25, 0.3) is 0 Å². The first-order valence-corrected chi connectivity index (χ1v) is 11.3. The third kappa shape index (κ3) is 2.72. The van der Waals surface area contributed by atoms with Crippen molar-refractivity contribution >= 4 is 29.4 Å². The summed E-state index contributed by atoms with van der Waals surface area (Å²) in [5, 5.41) is 0. The fourth-order valence-electron chi connectivity index (χ4n) is 5.36. The van der Waals surface area contributed by atoms with Gasteiger partial charge in [-0.1, -0.05) is 19.3 Å². The molecule has 0 aromatic carbocycles. The van der Waals surface area contributed by atoms with Gasteiger partial charge in [0.05, 0.1) is 4.08 Å². The van der Waals surface area contributed by atoms with Crippen LogP contribution in [0.4, 0.5) is 0 Å². The average molecular weight is 340 g/mol. The van der Waals surface area contributed by atoms with E-state index in [2.05, 4.69) is 28.4 Å². The van der Waals surface area contributed by atoms with Crippen LogP contribution in [-0.4, -0.2) is 39.5 Å². The zero-order valence-electron chi connectivity index (χ0n) is 13.6. The van der Waals surface area contributed by atoms with Gasteiger partial charge in [0.25, 0.3) is 0 Å². The van der Waals surface area contributed by atoms with Crippen molar-refractivity contribution in [3.05, 3.63) is 0 Å². The maximum Gasteiger partial charge on any atom is 0.225 e. The highest BCUT2D eigenvalue weighted by Gasteiger charge is 2.55. The normalized spacial score (nSPS) is 38.0. The molecule has 2 saturated heterocycles. The lowest BCUT2D eigenvalue weighted by Crippen LogP contribution is -2.50. The van der Waals surface area contributed by atoms with E-state index in [1.54, 1.807) is 0 Å². The van der Waals surface area contributed by atoms with Crippen LogP contribution in [0.1, 0.15) is 57.8 Å². The van der Waals surface area contributed by atoms with Gasteiger partial charge in [-0.05, 0) is 50.4 Å². The molecule has 2 nitrogen and oxygen atoms in total. The summed E-state index contributed by atoms with van der Waals surface area (Å²) in [4.78, 5) is 15.3. The molecule has 2 saturated carbocycles. The van der Waals surface area contributed by atoms with Gasteiger partial charge in [-0.2, -0.15) is 0 Å². The number of nitrogens with zero attached hydrogens (tertiary/aromatic N) is 1. The Morgan fingerprint density at radius 3 is 2.05 bits per heavy atom. The molecule has 1 spiro atoms. The van der Waals surface area contributed by atoms with Crippen molar-refractivity contribution < 1.29 is 4.79 Å². The summed E-state index contributed by atoms with van der Waals surface area (Å²) >= 11 is 4.50. The maximum atomic E-state index is 13.1. The van der Waals surface area contributed by atoms with Gasteiger partial charge in [-0.25, -0.2) is 0 Å². The first-order chi connectivity index (χ1) is 10.8. The molecule has 2 unspecified atom stereocenters. The average Bonchev–Trinajstić information content (AvgIpc) is 2.82. The summed E-state index contributed by atoms with van der Waals surface area (Å²) in [6, 6.07) is 0. The zero-order valence-corrected chi connectivity index (χ0v) is 15.2. The van der Waals surface area contributed by atoms with Crippen molar-refractivity contribution in [2.24, 2.45) is 17.8 Å². The van der Waals surface area contributed by atoms with Crippen molar-refractivity contribution in [2.45, 2.75) is 61.9 Å². The van der Waals surface area contributed by atoms with E-state index in [0.29, 0.717) is 15.9 Å². The Labute approximate surface area is 143 Å². The number of rotatable bonds is 1. The Kier molecular flexibility index (Phi) is 4.69. The number of hydrogen-bond acceptors (Lipinski definition) is 3. The van der Waals surface area contributed by atoms with Crippen LogP contribution in [0.5, 0.6) is 0 Å². The van der Waals surface area contributed by atoms with Gasteiger partial charge in [-0.15, -0.1) is 23.5 Å². The summed E-state index contributed by atoms with van der Waals surface area (Å²) in [5.41, 5.74) is 0. The standard InChI is InChI=1S/C18H29NOS2/c20-17(19-8-3-1-2-4-9-19)14-12-15-6-5-7-16(13-14)18(15)21-10-11-22-18/h14-16H,1-13H2. The Bertz CT molecular complexity index is 397. The van der Waals surface area contributed by atoms with E-state index in [1.807, 2.05) is 0 Å². The van der Waals surface area contributed by atoms with E-state index in [1.165, 1.54) is 69.3 Å². The summed E-state index contributed by atoms with van der Waals surface area (Å²) in [6.45, 7) is 2.05. The van der Waals surface area contributed by atoms with Crippen LogP contribution in [0.3, 0.4) is 0 Å². The van der Waals surface area contributed by atoms with Gasteiger partial charge in [0, 0.05) is 30.5 Å². The van der Waals surface area contributed by atoms with E-state index in [0.717, 1.165) is 24.9 Å². The smallest absolute Gasteiger partial charge is 0.225 e. The highest BCUT2D eigenvalue weighted by Crippen LogP contribution is 2.64. The molecule has 0 radical (unpaired) electrons. The zero-order chi connectivity index (χ0) is 15.0.